The first-order valence-electron chi connectivity index (χ1n) is 6.53. The summed E-state index contributed by atoms with van der Waals surface area (Å²) in [6.07, 6.45) is 0. The standard InChI is InChI=1S/C16H14Cl2N2OS/c1-11(21)19-16(22-10-12-6-3-2-4-7-12)20-15-13(17)8-5-9-14(15)18/h2-9H,10H2,1H3,(H,19,20,21). The number of thioether (sulfide) groups is 1. The number of hydrogen-bond donors (Lipinski definition) is 1. The van der Waals surface area contributed by atoms with Crippen LogP contribution in [0.2, 0.25) is 10.0 Å². The highest BCUT2D eigenvalue weighted by atomic mass is 35.5. The summed E-state index contributed by atoms with van der Waals surface area (Å²) in [5.41, 5.74) is 1.59. The quantitative estimate of drug-likeness (QED) is 0.620. The first kappa shape index (κ1) is 16.9. The molecule has 0 spiro atoms. The van der Waals surface area contributed by atoms with E-state index in [9.17, 15) is 4.79 Å². The van der Waals surface area contributed by atoms with Crippen molar-refractivity contribution < 1.29 is 4.79 Å². The zero-order chi connectivity index (χ0) is 15.9. The van der Waals surface area contributed by atoms with Crippen LogP contribution >= 0.6 is 35.0 Å². The highest BCUT2D eigenvalue weighted by Gasteiger charge is 2.09. The summed E-state index contributed by atoms with van der Waals surface area (Å²) >= 11 is 13.6. The van der Waals surface area contributed by atoms with Gasteiger partial charge in [-0.05, 0) is 17.7 Å². The van der Waals surface area contributed by atoms with Gasteiger partial charge < -0.3 is 5.32 Å². The molecule has 0 aliphatic rings. The molecule has 0 aliphatic heterocycles. The van der Waals surface area contributed by atoms with Gasteiger partial charge in [-0.3, -0.25) is 4.79 Å². The third kappa shape index (κ3) is 5.05. The van der Waals surface area contributed by atoms with Crippen molar-refractivity contribution >= 4 is 51.7 Å². The van der Waals surface area contributed by atoms with Gasteiger partial charge in [0.25, 0.3) is 0 Å². The number of para-hydroxylation sites is 1. The molecule has 0 bridgehead atoms. The number of carbonyl (C=O) groups is 1. The SMILES string of the molecule is CC(=O)NC(=Nc1c(Cl)cccc1Cl)SCc1ccccc1. The Morgan fingerprint density at radius 2 is 1.73 bits per heavy atom. The van der Waals surface area contributed by atoms with E-state index in [1.54, 1.807) is 18.2 Å². The van der Waals surface area contributed by atoms with E-state index >= 15 is 0 Å². The summed E-state index contributed by atoms with van der Waals surface area (Å²) in [7, 11) is 0. The summed E-state index contributed by atoms with van der Waals surface area (Å²) in [6, 6.07) is 15.1. The molecular formula is C16H14Cl2N2OS. The maximum absolute atomic E-state index is 11.4. The van der Waals surface area contributed by atoms with Crippen LogP contribution in [0.5, 0.6) is 0 Å². The average molecular weight is 353 g/mol. The number of benzene rings is 2. The largest absolute Gasteiger partial charge is 0.305 e. The van der Waals surface area contributed by atoms with Crippen LogP contribution in [-0.2, 0) is 10.5 Å². The van der Waals surface area contributed by atoms with E-state index in [1.165, 1.54) is 18.7 Å². The third-order valence-electron chi connectivity index (χ3n) is 2.65. The molecule has 0 heterocycles. The summed E-state index contributed by atoms with van der Waals surface area (Å²) in [6.45, 7) is 1.44. The predicted octanol–water partition coefficient (Wildman–Crippen LogP) is 5.05. The van der Waals surface area contributed by atoms with Crippen LogP contribution in [0.3, 0.4) is 0 Å². The summed E-state index contributed by atoms with van der Waals surface area (Å²) in [5.74, 6) is 0.490. The van der Waals surface area contributed by atoms with Gasteiger partial charge in [-0.25, -0.2) is 4.99 Å². The lowest BCUT2D eigenvalue weighted by molar-refractivity contribution is -0.117. The van der Waals surface area contributed by atoms with Crippen LogP contribution in [0.25, 0.3) is 0 Å². The van der Waals surface area contributed by atoms with Crippen molar-refractivity contribution in [3.05, 3.63) is 64.1 Å². The van der Waals surface area contributed by atoms with Crippen LogP contribution in [-0.4, -0.2) is 11.1 Å². The van der Waals surface area contributed by atoms with E-state index in [2.05, 4.69) is 10.3 Å². The normalized spacial score (nSPS) is 11.3. The summed E-state index contributed by atoms with van der Waals surface area (Å²) < 4.78 is 0. The maximum Gasteiger partial charge on any atom is 0.222 e. The number of aliphatic imine (C=N–C) groups is 1. The molecule has 114 valence electrons. The van der Waals surface area contributed by atoms with Crippen LogP contribution in [0, 0.1) is 0 Å². The second-order valence-corrected chi connectivity index (χ2v) is 6.22. The van der Waals surface area contributed by atoms with Gasteiger partial charge in [0.2, 0.25) is 5.91 Å². The minimum Gasteiger partial charge on any atom is -0.305 e. The first-order valence-corrected chi connectivity index (χ1v) is 8.27. The smallest absolute Gasteiger partial charge is 0.222 e. The number of rotatable bonds is 3. The molecule has 0 aliphatic carbocycles. The van der Waals surface area contributed by atoms with Gasteiger partial charge in [0.15, 0.2) is 5.17 Å². The van der Waals surface area contributed by atoms with Crippen molar-refractivity contribution in [3.8, 4) is 0 Å². The molecule has 2 rings (SSSR count). The van der Waals surface area contributed by atoms with E-state index in [0.717, 1.165) is 5.56 Å². The van der Waals surface area contributed by atoms with E-state index < -0.39 is 0 Å². The Kier molecular flexibility index (Phi) is 6.31. The minimum atomic E-state index is -0.192. The summed E-state index contributed by atoms with van der Waals surface area (Å²) in [5, 5.41) is 4.05. The molecule has 2 aromatic carbocycles. The van der Waals surface area contributed by atoms with Crippen LogP contribution in [0.1, 0.15) is 12.5 Å². The van der Waals surface area contributed by atoms with Crippen molar-refractivity contribution in [2.24, 2.45) is 4.99 Å². The van der Waals surface area contributed by atoms with E-state index in [1.807, 2.05) is 30.3 Å². The van der Waals surface area contributed by atoms with Gasteiger partial charge in [0.1, 0.15) is 5.69 Å². The first-order chi connectivity index (χ1) is 10.6. The second kappa shape index (κ2) is 8.22. The van der Waals surface area contributed by atoms with Gasteiger partial charge in [0, 0.05) is 12.7 Å². The number of carbonyl (C=O) groups excluding carboxylic acids is 1. The lowest BCUT2D eigenvalue weighted by Gasteiger charge is -2.08. The van der Waals surface area contributed by atoms with E-state index in [0.29, 0.717) is 26.7 Å². The van der Waals surface area contributed by atoms with Gasteiger partial charge in [0.05, 0.1) is 10.0 Å². The average Bonchev–Trinajstić information content (AvgIpc) is 2.49. The van der Waals surface area contributed by atoms with Gasteiger partial charge in [-0.15, -0.1) is 0 Å². The molecule has 0 radical (unpaired) electrons. The number of amidine groups is 1. The van der Waals surface area contributed by atoms with Crippen LogP contribution in [0.4, 0.5) is 5.69 Å². The van der Waals surface area contributed by atoms with Crippen LogP contribution in [0.15, 0.2) is 53.5 Å². The Morgan fingerprint density at radius 3 is 2.32 bits per heavy atom. The number of halogens is 2. The molecule has 0 fully saturated rings. The van der Waals surface area contributed by atoms with Gasteiger partial charge >= 0.3 is 0 Å². The van der Waals surface area contributed by atoms with E-state index in [4.69, 9.17) is 23.2 Å². The fraction of sp³-hybridized carbons (Fsp3) is 0.125. The molecular weight excluding hydrogens is 339 g/mol. The van der Waals surface area contributed by atoms with Crippen molar-refractivity contribution in [1.82, 2.24) is 5.32 Å². The molecule has 2 aromatic rings. The Morgan fingerprint density at radius 1 is 1.09 bits per heavy atom. The highest BCUT2D eigenvalue weighted by molar-refractivity contribution is 8.13. The second-order valence-electron chi connectivity index (χ2n) is 4.44. The summed E-state index contributed by atoms with van der Waals surface area (Å²) in [4.78, 5) is 15.8. The Labute approximate surface area is 143 Å². The van der Waals surface area contributed by atoms with Crippen LogP contribution < -0.4 is 5.32 Å². The molecule has 6 heteroatoms. The molecule has 22 heavy (non-hydrogen) atoms. The third-order valence-corrected chi connectivity index (χ3v) is 4.21. The zero-order valence-corrected chi connectivity index (χ0v) is 14.2. The van der Waals surface area contributed by atoms with Crippen molar-refractivity contribution in [2.45, 2.75) is 12.7 Å². The zero-order valence-electron chi connectivity index (χ0n) is 11.8. The van der Waals surface area contributed by atoms with Crippen molar-refractivity contribution in [1.29, 1.82) is 0 Å². The fourth-order valence-electron chi connectivity index (χ4n) is 1.67. The number of nitrogens with one attached hydrogen (secondary N) is 1. The maximum atomic E-state index is 11.4. The monoisotopic (exact) mass is 352 g/mol. The molecule has 0 aromatic heterocycles. The van der Waals surface area contributed by atoms with Gasteiger partial charge in [-0.2, -0.15) is 0 Å². The number of hydrogen-bond acceptors (Lipinski definition) is 3. The lowest BCUT2D eigenvalue weighted by Crippen LogP contribution is -2.25. The van der Waals surface area contributed by atoms with E-state index in [-0.39, 0.29) is 5.91 Å². The Hall–Kier alpha value is -1.49. The lowest BCUT2D eigenvalue weighted by atomic mass is 10.2. The Balaban J connectivity index is 2.22. The molecule has 0 saturated carbocycles. The molecule has 0 unspecified atom stereocenters. The molecule has 0 saturated heterocycles. The van der Waals surface area contributed by atoms with Crippen molar-refractivity contribution in [2.75, 3.05) is 0 Å². The van der Waals surface area contributed by atoms with Crippen molar-refractivity contribution in [3.63, 3.8) is 0 Å². The van der Waals surface area contributed by atoms with Gasteiger partial charge in [-0.1, -0.05) is 71.4 Å². The predicted molar refractivity (Wildman–Crippen MR) is 95.1 cm³/mol. The molecule has 3 nitrogen and oxygen atoms in total. The number of nitrogens with zero attached hydrogens (tertiary/aromatic N) is 1. The highest BCUT2D eigenvalue weighted by Crippen LogP contribution is 2.33. The number of amides is 1. The Bertz CT molecular complexity index is 670. The fourth-order valence-corrected chi connectivity index (χ4v) is 3.02. The molecule has 1 N–H and O–H groups in total. The topological polar surface area (TPSA) is 41.5 Å². The minimum absolute atomic E-state index is 0.192. The molecule has 0 atom stereocenters. The molecule has 1 amide bonds.